The number of anilines is 1. The summed E-state index contributed by atoms with van der Waals surface area (Å²) in [6, 6.07) is 4.51. The molecule has 1 saturated heterocycles. The standard InChI is InChI=1S/C12H15ClN2O4S/c13-9-10-8-11(15(16)17)2-3-12(10)14-4-1-6-20(18,19)7-5-14/h2-3,8H,1,4-7,9H2. The van der Waals surface area contributed by atoms with Gasteiger partial charge in [-0.2, -0.15) is 0 Å². The molecular weight excluding hydrogens is 304 g/mol. The molecule has 1 aromatic carbocycles. The highest BCUT2D eigenvalue weighted by Crippen LogP contribution is 2.28. The van der Waals surface area contributed by atoms with Crippen LogP contribution in [0.25, 0.3) is 0 Å². The summed E-state index contributed by atoms with van der Waals surface area (Å²) in [6.45, 7) is 1.00. The quantitative estimate of drug-likeness (QED) is 0.483. The third-order valence-corrected chi connectivity index (χ3v) is 5.32. The molecule has 0 radical (unpaired) electrons. The highest BCUT2D eigenvalue weighted by Gasteiger charge is 2.21. The summed E-state index contributed by atoms with van der Waals surface area (Å²) >= 11 is 5.86. The van der Waals surface area contributed by atoms with Gasteiger partial charge in [0, 0.05) is 36.8 Å². The molecule has 1 aliphatic rings. The first kappa shape index (κ1) is 15.1. The summed E-state index contributed by atoms with van der Waals surface area (Å²) in [5.74, 6) is 0.443. The molecule has 0 N–H and O–H groups in total. The van der Waals surface area contributed by atoms with Crippen LogP contribution in [-0.4, -0.2) is 37.9 Å². The predicted molar refractivity (Wildman–Crippen MR) is 78.1 cm³/mol. The molecule has 0 aromatic heterocycles. The van der Waals surface area contributed by atoms with Crippen molar-refractivity contribution in [3.63, 3.8) is 0 Å². The number of benzene rings is 1. The number of alkyl halides is 1. The van der Waals surface area contributed by atoms with Crippen LogP contribution in [0.1, 0.15) is 12.0 Å². The highest BCUT2D eigenvalue weighted by molar-refractivity contribution is 7.91. The van der Waals surface area contributed by atoms with Crippen LogP contribution in [-0.2, 0) is 15.7 Å². The van der Waals surface area contributed by atoms with Gasteiger partial charge in [-0.25, -0.2) is 8.42 Å². The van der Waals surface area contributed by atoms with Crippen molar-refractivity contribution in [1.82, 2.24) is 0 Å². The lowest BCUT2D eigenvalue weighted by atomic mass is 10.1. The second-order valence-corrected chi connectivity index (χ2v) is 7.27. The van der Waals surface area contributed by atoms with Gasteiger partial charge in [0.1, 0.15) is 0 Å². The van der Waals surface area contributed by atoms with Gasteiger partial charge in [-0.3, -0.25) is 10.1 Å². The first-order chi connectivity index (χ1) is 9.43. The zero-order chi connectivity index (χ0) is 14.8. The molecule has 6 nitrogen and oxygen atoms in total. The zero-order valence-electron chi connectivity index (χ0n) is 10.8. The van der Waals surface area contributed by atoms with Crippen LogP contribution >= 0.6 is 11.6 Å². The Morgan fingerprint density at radius 2 is 2.05 bits per heavy atom. The number of nitrogens with zero attached hydrogens (tertiary/aromatic N) is 2. The lowest BCUT2D eigenvalue weighted by molar-refractivity contribution is -0.384. The first-order valence-electron chi connectivity index (χ1n) is 6.21. The zero-order valence-corrected chi connectivity index (χ0v) is 12.4. The summed E-state index contributed by atoms with van der Waals surface area (Å²) in [4.78, 5) is 12.2. The van der Waals surface area contributed by atoms with Crippen molar-refractivity contribution in [2.45, 2.75) is 12.3 Å². The van der Waals surface area contributed by atoms with Crippen molar-refractivity contribution < 1.29 is 13.3 Å². The molecule has 1 fully saturated rings. The molecule has 0 unspecified atom stereocenters. The Bertz CT molecular complexity index is 618. The van der Waals surface area contributed by atoms with Gasteiger partial charge < -0.3 is 4.90 Å². The summed E-state index contributed by atoms with van der Waals surface area (Å²) in [7, 11) is -2.98. The number of nitro benzene ring substituents is 1. The van der Waals surface area contributed by atoms with Crippen molar-refractivity contribution in [2.75, 3.05) is 29.5 Å². The van der Waals surface area contributed by atoms with E-state index >= 15 is 0 Å². The van der Waals surface area contributed by atoms with Gasteiger partial charge in [0.05, 0.1) is 16.4 Å². The van der Waals surface area contributed by atoms with E-state index in [1.165, 1.54) is 12.1 Å². The average Bonchev–Trinajstić information content (AvgIpc) is 2.59. The lowest BCUT2D eigenvalue weighted by Gasteiger charge is -2.24. The second-order valence-electron chi connectivity index (χ2n) is 4.70. The minimum Gasteiger partial charge on any atom is -0.370 e. The SMILES string of the molecule is O=[N+]([O-])c1ccc(N2CCCS(=O)(=O)CC2)c(CCl)c1. The van der Waals surface area contributed by atoms with E-state index < -0.39 is 14.8 Å². The molecule has 0 spiro atoms. The van der Waals surface area contributed by atoms with Gasteiger partial charge in [-0.05, 0) is 18.1 Å². The van der Waals surface area contributed by atoms with Crippen molar-refractivity contribution >= 4 is 32.8 Å². The van der Waals surface area contributed by atoms with E-state index in [9.17, 15) is 18.5 Å². The summed E-state index contributed by atoms with van der Waals surface area (Å²) in [5, 5.41) is 10.8. The van der Waals surface area contributed by atoms with Gasteiger partial charge in [0.25, 0.3) is 5.69 Å². The van der Waals surface area contributed by atoms with Crippen LogP contribution < -0.4 is 4.90 Å². The van der Waals surface area contributed by atoms with E-state index in [1.54, 1.807) is 6.07 Å². The molecule has 110 valence electrons. The Hall–Kier alpha value is -1.34. The molecule has 0 amide bonds. The number of hydrogen-bond donors (Lipinski definition) is 0. The number of non-ortho nitro benzene ring substituents is 1. The number of hydrogen-bond acceptors (Lipinski definition) is 5. The number of halogens is 1. The van der Waals surface area contributed by atoms with E-state index in [2.05, 4.69) is 0 Å². The van der Waals surface area contributed by atoms with Crippen molar-refractivity contribution in [3.8, 4) is 0 Å². The Morgan fingerprint density at radius 1 is 1.30 bits per heavy atom. The average molecular weight is 319 g/mol. The second kappa shape index (κ2) is 5.97. The summed E-state index contributed by atoms with van der Waals surface area (Å²) in [6.07, 6.45) is 0.557. The van der Waals surface area contributed by atoms with E-state index in [1.807, 2.05) is 4.90 Å². The third kappa shape index (κ3) is 3.40. The van der Waals surface area contributed by atoms with Gasteiger partial charge >= 0.3 is 0 Å². The Morgan fingerprint density at radius 3 is 2.70 bits per heavy atom. The maximum Gasteiger partial charge on any atom is 0.269 e. The molecule has 0 bridgehead atoms. The van der Waals surface area contributed by atoms with Crippen molar-refractivity contribution in [2.24, 2.45) is 0 Å². The monoisotopic (exact) mass is 318 g/mol. The van der Waals surface area contributed by atoms with E-state index in [0.29, 0.717) is 25.1 Å². The molecule has 2 rings (SSSR count). The Labute approximate surface area is 122 Å². The summed E-state index contributed by atoms with van der Waals surface area (Å²) in [5.41, 5.74) is 1.43. The van der Waals surface area contributed by atoms with E-state index in [0.717, 1.165) is 5.69 Å². The fraction of sp³-hybridized carbons (Fsp3) is 0.500. The van der Waals surface area contributed by atoms with Crippen LogP contribution in [0.15, 0.2) is 18.2 Å². The normalized spacial score (nSPS) is 18.6. The van der Waals surface area contributed by atoms with Crippen molar-refractivity contribution in [1.29, 1.82) is 0 Å². The molecule has 20 heavy (non-hydrogen) atoms. The van der Waals surface area contributed by atoms with Gasteiger partial charge in [0.15, 0.2) is 9.84 Å². The highest BCUT2D eigenvalue weighted by atomic mass is 35.5. The Kier molecular flexibility index (Phi) is 4.49. The summed E-state index contributed by atoms with van der Waals surface area (Å²) < 4.78 is 23.2. The molecule has 0 atom stereocenters. The lowest BCUT2D eigenvalue weighted by Crippen LogP contribution is -2.27. The van der Waals surface area contributed by atoms with Crippen molar-refractivity contribution in [3.05, 3.63) is 33.9 Å². The van der Waals surface area contributed by atoms with Gasteiger partial charge in [-0.15, -0.1) is 11.6 Å². The van der Waals surface area contributed by atoms with Crippen LogP contribution in [0.5, 0.6) is 0 Å². The van der Waals surface area contributed by atoms with Crippen LogP contribution in [0.2, 0.25) is 0 Å². The van der Waals surface area contributed by atoms with E-state index in [4.69, 9.17) is 11.6 Å². The third-order valence-electron chi connectivity index (χ3n) is 3.31. The predicted octanol–water partition coefficient (Wildman–Crippen LogP) is 1.96. The Balaban J connectivity index is 2.30. The van der Waals surface area contributed by atoms with Crippen LogP contribution in [0, 0.1) is 10.1 Å². The maximum atomic E-state index is 11.6. The van der Waals surface area contributed by atoms with Gasteiger partial charge in [0.2, 0.25) is 0 Å². The minimum atomic E-state index is -2.98. The van der Waals surface area contributed by atoms with E-state index in [-0.39, 0.29) is 23.1 Å². The molecule has 1 aliphatic heterocycles. The molecule has 1 heterocycles. The molecule has 0 aliphatic carbocycles. The maximum absolute atomic E-state index is 11.6. The molecule has 1 aromatic rings. The molecular formula is C12H15ClN2O4S. The number of nitro groups is 1. The number of sulfone groups is 1. The van der Waals surface area contributed by atoms with Crippen LogP contribution in [0.3, 0.4) is 0 Å². The smallest absolute Gasteiger partial charge is 0.269 e. The first-order valence-corrected chi connectivity index (χ1v) is 8.57. The minimum absolute atomic E-state index is 0.00755. The molecule has 0 saturated carbocycles. The van der Waals surface area contributed by atoms with Gasteiger partial charge in [-0.1, -0.05) is 0 Å². The largest absolute Gasteiger partial charge is 0.370 e. The van der Waals surface area contributed by atoms with Crippen LogP contribution in [0.4, 0.5) is 11.4 Å². The fourth-order valence-corrected chi connectivity index (χ4v) is 3.77. The molecule has 8 heteroatoms. The number of rotatable bonds is 3. The topological polar surface area (TPSA) is 80.5 Å². The fourth-order valence-electron chi connectivity index (χ4n) is 2.28.